The zero-order valence-corrected chi connectivity index (χ0v) is 7.89. The molecule has 72 valence electrons. The number of nitrogens with one attached hydrogen (secondary N) is 1. The Morgan fingerprint density at radius 1 is 1.17 bits per heavy atom. The van der Waals surface area contributed by atoms with Gasteiger partial charge in [-0.2, -0.15) is 0 Å². The third kappa shape index (κ3) is 4.07. The molecule has 2 N–H and O–H groups in total. The Labute approximate surface area is 75.4 Å². The van der Waals surface area contributed by atoms with Gasteiger partial charge in [0.15, 0.2) is 0 Å². The van der Waals surface area contributed by atoms with Gasteiger partial charge in [0.2, 0.25) is 0 Å². The van der Waals surface area contributed by atoms with E-state index in [2.05, 4.69) is 5.32 Å². The Morgan fingerprint density at radius 2 is 1.92 bits per heavy atom. The van der Waals surface area contributed by atoms with Crippen LogP contribution in [0, 0.1) is 5.92 Å². The summed E-state index contributed by atoms with van der Waals surface area (Å²) in [5.41, 5.74) is 0. The van der Waals surface area contributed by atoms with Crippen LogP contribution in [0.4, 0.5) is 0 Å². The highest BCUT2D eigenvalue weighted by Gasteiger charge is 2.13. The molecule has 12 heavy (non-hydrogen) atoms. The van der Waals surface area contributed by atoms with Gasteiger partial charge in [-0.05, 0) is 25.3 Å². The maximum atomic E-state index is 8.51. The first-order valence-corrected chi connectivity index (χ1v) is 5.25. The van der Waals surface area contributed by atoms with Crippen LogP contribution in [0.15, 0.2) is 0 Å². The first-order valence-electron chi connectivity index (χ1n) is 5.25. The van der Waals surface area contributed by atoms with Crippen LogP contribution in [0.2, 0.25) is 0 Å². The van der Waals surface area contributed by atoms with Crippen molar-refractivity contribution < 1.29 is 5.11 Å². The van der Waals surface area contributed by atoms with E-state index in [1.165, 1.54) is 38.5 Å². The van der Waals surface area contributed by atoms with Crippen LogP contribution in [0.25, 0.3) is 0 Å². The van der Waals surface area contributed by atoms with Crippen molar-refractivity contribution in [3.8, 4) is 0 Å². The van der Waals surface area contributed by atoms with Crippen LogP contribution in [0.5, 0.6) is 0 Å². The van der Waals surface area contributed by atoms with Crippen molar-refractivity contribution in [2.45, 2.75) is 38.5 Å². The smallest absolute Gasteiger partial charge is 0.0555 e. The van der Waals surface area contributed by atoms with E-state index in [1.54, 1.807) is 0 Å². The minimum absolute atomic E-state index is 0.267. The Bertz CT molecular complexity index is 100. The second kappa shape index (κ2) is 6.44. The fourth-order valence-electron chi connectivity index (χ4n) is 2.02. The molecule has 2 heteroatoms. The van der Waals surface area contributed by atoms with Crippen LogP contribution >= 0.6 is 0 Å². The fraction of sp³-hybridized carbons (Fsp3) is 1.00. The van der Waals surface area contributed by atoms with E-state index in [-0.39, 0.29) is 6.61 Å². The lowest BCUT2D eigenvalue weighted by atomic mass is 10.0. The Morgan fingerprint density at radius 3 is 2.58 bits per heavy atom. The van der Waals surface area contributed by atoms with Crippen molar-refractivity contribution in [2.75, 3.05) is 19.7 Å². The average molecular weight is 171 g/mol. The van der Waals surface area contributed by atoms with Gasteiger partial charge < -0.3 is 10.4 Å². The summed E-state index contributed by atoms with van der Waals surface area (Å²) >= 11 is 0. The molecule has 1 saturated carbocycles. The second-order valence-corrected chi connectivity index (χ2v) is 3.77. The molecule has 0 amide bonds. The predicted octanol–water partition coefficient (Wildman–Crippen LogP) is 1.54. The van der Waals surface area contributed by atoms with E-state index in [9.17, 15) is 0 Å². The van der Waals surface area contributed by atoms with E-state index in [0.29, 0.717) is 0 Å². The molecule has 0 spiro atoms. The van der Waals surface area contributed by atoms with E-state index >= 15 is 0 Å². The van der Waals surface area contributed by atoms with Gasteiger partial charge >= 0.3 is 0 Å². The van der Waals surface area contributed by atoms with Crippen LogP contribution in [-0.4, -0.2) is 24.8 Å². The molecule has 0 unspecified atom stereocenters. The SMILES string of the molecule is OCCNCCCC1CCCC1. The van der Waals surface area contributed by atoms with Crippen molar-refractivity contribution in [3.05, 3.63) is 0 Å². The number of aliphatic hydroxyl groups is 1. The molecule has 0 aromatic rings. The fourth-order valence-corrected chi connectivity index (χ4v) is 2.02. The lowest BCUT2D eigenvalue weighted by Gasteiger charge is -2.08. The molecule has 1 rings (SSSR count). The average Bonchev–Trinajstić information content (AvgIpc) is 2.57. The zero-order chi connectivity index (χ0) is 8.65. The summed E-state index contributed by atoms with van der Waals surface area (Å²) in [6.07, 6.45) is 8.49. The highest BCUT2D eigenvalue weighted by Crippen LogP contribution is 2.28. The monoisotopic (exact) mass is 171 g/mol. The molecule has 1 fully saturated rings. The number of aliphatic hydroxyl groups excluding tert-OH is 1. The van der Waals surface area contributed by atoms with Crippen LogP contribution in [-0.2, 0) is 0 Å². The summed E-state index contributed by atoms with van der Waals surface area (Å²) in [5, 5.41) is 11.7. The summed E-state index contributed by atoms with van der Waals surface area (Å²) in [4.78, 5) is 0. The van der Waals surface area contributed by atoms with E-state index < -0.39 is 0 Å². The molecular weight excluding hydrogens is 150 g/mol. The maximum absolute atomic E-state index is 8.51. The minimum Gasteiger partial charge on any atom is -0.395 e. The minimum atomic E-state index is 0.267. The standard InChI is InChI=1S/C10H21NO/c12-9-8-11-7-3-6-10-4-1-2-5-10/h10-12H,1-9H2. The molecule has 0 aromatic carbocycles. The first kappa shape index (κ1) is 10.0. The van der Waals surface area contributed by atoms with Gasteiger partial charge in [0.1, 0.15) is 0 Å². The van der Waals surface area contributed by atoms with E-state index in [0.717, 1.165) is 19.0 Å². The van der Waals surface area contributed by atoms with Crippen LogP contribution < -0.4 is 5.32 Å². The van der Waals surface area contributed by atoms with Crippen molar-refractivity contribution >= 4 is 0 Å². The normalized spacial score (nSPS) is 18.8. The highest BCUT2D eigenvalue weighted by atomic mass is 16.3. The number of hydrogen-bond acceptors (Lipinski definition) is 2. The summed E-state index contributed by atoms with van der Waals surface area (Å²) in [6, 6.07) is 0. The first-order chi connectivity index (χ1) is 5.93. The Kier molecular flexibility index (Phi) is 5.37. The van der Waals surface area contributed by atoms with E-state index in [4.69, 9.17) is 5.11 Å². The summed E-state index contributed by atoms with van der Waals surface area (Å²) in [5.74, 6) is 1.01. The highest BCUT2D eigenvalue weighted by molar-refractivity contribution is 4.67. The van der Waals surface area contributed by atoms with Crippen molar-refractivity contribution in [3.63, 3.8) is 0 Å². The van der Waals surface area contributed by atoms with Crippen molar-refractivity contribution in [1.82, 2.24) is 5.32 Å². The van der Waals surface area contributed by atoms with Gasteiger partial charge in [0, 0.05) is 6.54 Å². The third-order valence-corrected chi connectivity index (χ3v) is 2.73. The lowest BCUT2D eigenvalue weighted by molar-refractivity contribution is 0.291. The van der Waals surface area contributed by atoms with Gasteiger partial charge in [-0.1, -0.05) is 25.7 Å². The molecule has 0 aliphatic heterocycles. The molecular formula is C10H21NO. The Hall–Kier alpha value is -0.0800. The molecule has 2 nitrogen and oxygen atoms in total. The molecule has 0 radical (unpaired) electrons. The molecule has 0 aromatic heterocycles. The molecule has 0 heterocycles. The zero-order valence-electron chi connectivity index (χ0n) is 7.89. The predicted molar refractivity (Wildman–Crippen MR) is 51.1 cm³/mol. The lowest BCUT2D eigenvalue weighted by Crippen LogP contribution is -2.19. The van der Waals surface area contributed by atoms with Gasteiger partial charge in [-0.15, -0.1) is 0 Å². The maximum Gasteiger partial charge on any atom is 0.0555 e. The van der Waals surface area contributed by atoms with Gasteiger partial charge in [-0.3, -0.25) is 0 Å². The topological polar surface area (TPSA) is 32.3 Å². The summed E-state index contributed by atoms with van der Waals surface area (Å²) in [7, 11) is 0. The molecule has 0 atom stereocenters. The number of hydrogen-bond donors (Lipinski definition) is 2. The van der Waals surface area contributed by atoms with Gasteiger partial charge in [0.05, 0.1) is 6.61 Å². The molecule has 0 saturated heterocycles. The molecule has 0 bridgehead atoms. The quantitative estimate of drug-likeness (QED) is 0.594. The van der Waals surface area contributed by atoms with Crippen molar-refractivity contribution in [1.29, 1.82) is 0 Å². The molecule has 1 aliphatic rings. The van der Waals surface area contributed by atoms with Gasteiger partial charge in [-0.25, -0.2) is 0 Å². The van der Waals surface area contributed by atoms with Crippen LogP contribution in [0.1, 0.15) is 38.5 Å². The van der Waals surface area contributed by atoms with E-state index in [1.807, 2.05) is 0 Å². The second-order valence-electron chi connectivity index (χ2n) is 3.77. The number of rotatable bonds is 6. The summed E-state index contributed by atoms with van der Waals surface area (Å²) in [6.45, 7) is 2.10. The van der Waals surface area contributed by atoms with Gasteiger partial charge in [0.25, 0.3) is 0 Å². The van der Waals surface area contributed by atoms with Crippen molar-refractivity contribution in [2.24, 2.45) is 5.92 Å². The largest absolute Gasteiger partial charge is 0.395 e. The Balaban J connectivity index is 1.81. The van der Waals surface area contributed by atoms with Crippen LogP contribution in [0.3, 0.4) is 0 Å². The third-order valence-electron chi connectivity index (χ3n) is 2.73. The molecule has 1 aliphatic carbocycles. The summed E-state index contributed by atoms with van der Waals surface area (Å²) < 4.78 is 0.